The second-order valence-electron chi connectivity index (χ2n) is 5.33. The number of hydrogen-bond acceptors (Lipinski definition) is 4. The highest BCUT2D eigenvalue weighted by Gasteiger charge is 2.11. The van der Waals surface area contributed by atoms with Crippen LogP contribution in [-0.4, -0.2) is 17.4 Å². The fourth-order valence-electron chi connectivity index (χ4n) is 1.65. The molecule has 2 rings (SSSR count). The van der Waals surface area contributed by atoms with Crippen LogP contribution in [0.4, 0.5) is 0 Å². The molecule has 0 bridgehead atoms. The predicted molar refractivity (Wildman–Crippen MR) is 84.8 cm³/mol. The molecule has 5 heteroatoms. The Labute approximate surface area is 129 Å². The number of thiazole rings is 1. The lowest BCUT2D eigenvalue weighted by Crippen LogP contribution is -2.27. The van der Waals surface area contributed by atoms with E-state index in [1.165, 1.54) is 16.9 Å². The Hall–Kier alpha value is -1.88. The Morgan fingerprint density at radius 3 is 2.71 bits per heavy atom. The second-order valence-corrected chi connectivity index (χ2v) is 6.27. The first-order valence-corrected chi connectivity index (χ1v) is 7.84. The van der Waals surface area contributed by atoms with E-state index in [1.807, 2.05) is 31.2 Å². The van der Waals surface area contributed by atoms with Crippen molar-refractivity contribution in [1.29, 1.82) is 0 Å². The third kappa shape index (κ3) is 4.86. The Morgan fingerprint density at radius 2 is 2.05 bits per heavy atom. The van der Waals surface area contributed by atoms with E-state index in [-0.39, 0.29) is 5.91 Å². The van der Waals surface area contributed by atoms with Crippen LogP contribution in [0.1, 0.15) is 34.9 Å². The summed E-state index contributed by atoms with van der Waals surface area (Å²) in [7, 11) is 0. The third-order valence-electron chi connectivity index (χ3n) is 2.84. The van der Waals surface area contributed by atoms with E-state index in [0.29, 0.717) is 24.8 Å². The molecule has 21 heavy (non-hydrogen) atoms. The first-order valence-electron chi connectivity index (χ1n) is 6.96. The first-order chi connectivity index (χ1) is 10.0. The van der Waals surface area contributed by atoms with Gasteiger partial charge in [0.15, 0.2) is 0 Å². The molecule has 1 amide bonds. The summed E-state index contributed by atoms with van der Waals surface area (Å²) in [6.45, 7) is 7.19. The Kier molecular flexibility index (Phi) is 5.33. The molecule has 0 spiro atoms. The highest BCUT2D eigenvalue weighted by molar-refractivity contribution is 7.09. The van der Waals surface area contributed by atoms with Crippen LogP contribution in [0.3, 0.4) is 0 Å². The lowest BCUT2D eigenvalue weighted by molar-refractivity contribution is 0.0944. The van der Waals surface area contributed by atoms with E-state index in [9.17, 15) is 4.79 Å². The number of carbonyl (C=O) groups is 1. The summed E-state index contributed by atoms with van der Waals surface area (Å²) < 4.78 is 5.65. The molecular weight excluding hydrogens is 284 g/mol. The van der Waals surface area contributed by atoms with Crippen LogP contribution in [0.2, 0.25) is 0 Å². The van der Waals surface area contributed by atoms with E-state index >= 15 is 0 Å². The fourth-order valence-corrected chi connectivity index (χ4v) is 2.33. The Balaban J connectivity index is 1.88. The van der Waals surface area contributed by atoms with Gasteiger partial charge in [-0.05, 0) is 25.0 Å². The Bertz CT molecular complexity index is 591. The summed E-state index contributed by atoms with van der Waals surface area (Å²) in [5.74, 6) is 1.11. The molecule has 0 aliphatic rings. The standard InChI is InChI=1S/C16H20N2O2S/c1-11(2)8-17-16(19)14-10-21-15(18-14)9-20-13-6-4-12(3)5-7-13/h4-7,10-11H,8-9H2,1-3H3,(H,17,19). The van der Waals surface area contributed by atoms with Crippen molar-refractivity contribution in [2.24, 2.45) is 5.92 Å². The molecule has 0 saturated heterocycles. The van der Waals surface area contributed by atoms with Crippen LogP contribution < -0.4 is 10.1 Å². The largest absolute Gasteiger partial charge is 0.486 e. The smallest absolute Gasteiger partial charge is 0.270 e. The molecule has 1 aromatic carbocycles. The number of aromatic nitrogens is 1. The summed E-state index contributed by atoms with van der Waals surface area (Å²) in [6.07, 6.45) is 0. The Morgan fingerprint density at radius 1 is 1.33 bits per heavy atom. The van der Waals surface area contributed by atoms with Crippen LogP contribution in [-0.2, 0) is 6.61 Å². The van der Waals surface area contributed by atoms with Crippen molar-refractivity contribution in [3.8, 4) is 5.75 Å². The fraction of sp³-hybridized carbons (Fsp3) is 0.375. The van der Waals surface area contributed by atoms with Crippen molar-refractivity contribution in [3.63, 3.8) is 0 Å². The number of hydrogen-bond donors (Lipinski definition) is 1. The van der Waals surface area contributed by atoms with Gasteiger partial charge in [-0.15, -0.1) is 11.3 Å². The van der Waals surface area contributed by atoms with Crippen molar-refractivity contribution >= 4 is 17.2 Å². The number of benzene rings is 1. The zero-order valence-electron chi connectivity index (χ0n) is 12.6. The third-order valence-corrected chi connectivity index (χ3v) is 3.66. The predicted octanol–water partition coefficient (Wildman–Crippen LogP) is 3.42. The van der Waals surface area contributed by atoms with E-state index in [0.717, 1.165) is 10.8 Å². The maximum Gasteiger partial charge on any atom is 0.270 e. The van der Waals surface area contributed by atoms with Gasteiger partial charge in [-0.25, -0.2) is 4.98 Å². The monoisotopic (exact) mass is 304 g/mol. The van der Waals surface area contributed by atoms with Gasteiger partial charge in [0.05, 0.1) is 0 Å². The maximum atomic E-state index is 11.9. The average molecular weight is 304 g/mol. The minimum Gasteiger partial charge on any atom is -0.486 e. The number of aryl methyl sites for hydroxylation is 1. The molecule has 0 saturated carbocycles. The summed E-state index contributed by atoms with van der Waals surface area (Å²) in [5, 5.41) is 5.42. The second kappa shape index (κ2) is 7.22. The van der Waals surface area contributed by atoms with Gasteiger partial charge >= 0.3 is 0 Å². The van der Waals surface area contributed by atoms with Crippen LogP contribution >= 0.6 is 11.3 Å². The summed E-state index contributed by atoms with van der Waals surface area (Å²) >= 11 is 1.44. The van der Waals surface area contributed by atoms with Gasteiger partial charge in [0.25, 0.3) is 5.91 Å². The van der Waals surface area contributed by atoms with E-state index in [1.54, 1.807) is 5.38 Å². The molecule has 0 radical (unpaired) electrons. The quantitative estimate of drug-likeness (QED) is 0.889. The van der Waals surface area contributed by atoms with Crippen molar-refractivity contribution in [2.45, 2.75) is 27.4 Å². The van der Waals surface area contributed by atoms with Gasteiger partial charge < -0.3 is 10.1 Å². The maximum absolute atomic E-state index is 11.9. The number of rotatable bonds is 6. The van der Waals surface area contributed by atoms with Crippen molar-refractivity contribution in [3.05, 3.63) is 45.9 Å². The van der Waals surface area contributed by atoms with E-state index in [4.69, 9.17) is 4.74 Å². The number of nitrogens with one attached hydrogen (secondary N) is 1. The summed E-state index contributed by atoms with van der Waals surface area (Å²) in [4.78, 5) is 16.2. The molecule has 1 N–H and O–H groups in total. The number of ether oxygens (including phenoxy) is 1. The van der Waals surface area contributed by atoms with Crippen molar-refractivity contribution < 1.29 is 9.53 Å². The van der Waals surface area contributed by atoms with Crippen LogP contribution in [0, 0.1) is 12.8 Å². The minimum atomic E-state index is -0.124. The molecule has 112 valence electrons. The SMILES string of the molecule is Cc1ccc(OCc2nc(C(=O)NCC(C)C)cs2)cc1. The minimum absolute atomic E-state index is 0.124. The highest BCUT2D eigenvalue weighted by atomic mass is 32.1. The van der Waals surface area contributed by atoms with Gasteiger partial charge in [0.2, 0.25) is 0 Å². The van der Waals surface area contributed by atoms with E-state index < -0.39 is 0 Å². The molecule has 4 nitrogen and oxygen atoms in total. The molecule has 0 atom stereocenters. The van der Waals surface area contributed by atoms with Crippen LogP contribution in [0.25, 0.3) is 0 Å². The van der Waals surface area contributed by atoms with Crippen molar-refractivity contribution in [2.75, 3.05) is 6.54 Å². The highest BCUT2D eigenvalue weighted by Crippen LogP contribution is 2.16. The molecular formula is C16H20N2O2S. The van der Waals surface area contributed by atoms with Gasteiger partial charge in [0.1, 0.15) is 23.1 Å². The average Bonchev–Trinajstić information content (AvgIpc) is 2.93. The van der Waals surface area contributed by atoms with Gasteiger partial charge in [-0.1, -0.05) is 31.5 Å². The zero-order chi connectivity index (χ0) is 15.2. The molecule has 0 fully saturated rings. The van der Waals surface area contributed by atoms with Crippen molar-refractivity contribution in [1.82, 2.24) is 10.3 Å². The zero-order valence-corrected chi connectivity index (χ0v) is 13.4. The molecule has 1 aromatic heterocycles. The molecule has 0 aliphatic heterocycles. The molecule has 2 aromatic rings. The number of amides is 1. The molecule has 0 aliphatic carbocycles. The molecule has 1 heterocycles. The van der Waals surface area contributed by atoms with Gasteiger partial charge in [-0.3, -0.25) is 4.79 Å². The van der Waals surface area contributed by atoms with Crippen LogP contribution in [0.5, 0.6) is 5.75 Å². The molecule has 0 unspecified atom stereocenters. The number of nitrogens with zero attached hydrogens (tertiary/aromatic N) is 1. The summed E-state index contributed by atoms with van der Waals surface area (Å²) in [6, 6.07) is 7.86. The van der Waals surface area contributed by atoms with Gasteiger partial charge in [-0.2, -0.15) is 0 Å². The normalized spacial score (nSPS) is 10.7. The van der Waals surface area contributed by atoms with Gasteiger partial charge in [0, 0.05) is 11.9 Å². The lowest BCUT2D eigenvalue weighted by Gasteiger charge is -2.05. The first kappa shape index (κ1) is 15.5. The topological polar surface area (TPSA) is 51.2 Å². The summed E-state index contributed by atoms with van der Waals surface area (Å²) in [5.41, 5.74) is 1.66. The number of carbonyl (C=O) groups excluding carboxylic acids is 1. The van der Waals surface area contributed by atoms with E-state index in [2.05, 4.69) is 24.1 Å². The lowest BCUT2D eigenvalue weighted by atomic mass is 10.2. The van der Waals surface area contributed by atoms with Crippen LogP contribution in [0.15, 0.2) is 29.6 Å².